The summed E-state index contributed by atoms with van der Waals surface area (Å²) in [6.45, 7) is 10.6. The van der Waals surface area contributed by atoms with Crippen LogP contribution >= 0.6 is 0 Å². The molecule has 0 N–H and O–H groups in total. The Morgan fingerprint density at radius 2 is 1.23 bits per heavy atom. The zero-order valence-electron chi connectivity index (χ0n) is 9.22. The molecule has 0 amide bonds. The smallest absolute Gasteiger partial charge is 0.321 e. The molecule has 0 aromatic carbocycles. The maximum absolute atomic E-state index is 11.3. The predicted octanol–water partition coefficient (Wildman–Crippen LogP) is 1.67. The maximum atomic E-state index is 11.3. The molecule has 0 heterocycles. The summed E-state index contributed by atoms with van der Waals surface area (Å²) in [4.78, 5) is 22.6. The fraction of sp³-hybridized carbons (Fsp3) is 0.750. The second-order valence-corrected chi connectivity index (χ2v) is 12.9. The van der Waals surface area contributed by atoms with E-state index in [-0.39, 0.29) is 10.8 Å². The van der Waals surface area contributed by atoms with Crippen LogP contribution in [-0.2, 0) is 13.7 Å². The first-order chi connectivity index (χ1) is 5.59. The van der Waals surface area contributed by atoms with Crippen molar-refractivity contribution in [2.24, 2.45) is 0 Å². The van der Waals surface area contributed by atoms with Crippen LogP contribution in [0, 0.1) is 0 Å². The monoisotopic (exact) mass is 218 g/mol. The van der Waals surface area contributed by atoms with Crippen molar-refractivity contribution in [2.75, 3.05) is 0 Å². The minimum absolute atomic E-state index is 0.0811. The van der Waals surface area contributed by atoms with Gasteiger partial charge in [-0.15, -0.1) is 0 Å². The molecule has 0 atom stereocenters. The van der Waals surface area contributed by atoms with Gasteiger partial charge < -0.3 is 13.7 Å². The Balaban J connectivity index is 4.84. The van der Waals surface area contributed by atoms with Crippen molar-refractivity contribution >= 4 is 27.4 Å². The van der Waals surface area contributed by atoms with E-state index in [2.05, 4.69) is 0 Å². The van der Waals surface area contributed by atoms with Gasteiger partial charge in [0.15, 0.2) is 8.32 Å². The summed E-state index contributed by atoms with van der Waals surface area (Å²) in [6, 6.07) is 0. The minimum atomic E-state index is -2.76. The molecule has 0 fully saturated rings. The van der Waals surface area contributed by atoms with Crippen LogP contribution in [0.1, 0.15) is 13.8 Å². The van der Waals surface area contributed by atoms with E-state index in [9.17, 15) is 9.59 Å². The molecule has 0 aliphatic rings. The first-order valence-corrected chi connectivity index (χ1v) is 10.1. The van der Waals surface area contributed by atoms with Gasteiger partial charge in [-0.05, 0) is 40.0 Å². The molecule has 0 aromatic rings. The zero-order valence-corrected chi connectivity index (χ0v) is 11.2. The number of carbonyl (C=O) groups is 2. The highest BCUT2D eigenvalue weighted by Gasteiger charge is 2.44. The van der Waals surface area contributed by atoms with Crippen molar-refractivity contribution in [3.05, 3.63) is 0 Å². The van der Waals surface area contributed by atoms with Gasteiger partial charge >= 0.3 is 8.32 Å². The van der Waals surface area contributed by atoms with Gasteiger partial charge in [-0.2, -0.15) is 0 Å². The lowest BCUT2D eigenvalue weighted by Crippen LogP contribution is -2.55. The third kappa shape index (κ3) is 3.54. The molecule has 76 valence electrons. The summed E-state index contributed by atoms with van der Waals surface area (Å²) in [7, 11) is -4.55. The largest absolute Gasteiger partial charge is 0.446 e. The normalized spacial score (nSPS) is 12.8. The number of rotatable bonds is 4. The van der Waals surface area contributed by atoms with Crippen molar-refractivity contribution in [1.29, 1.82) is 0 Å². The SMILES string of the molecule is CC(=O)[Si](C)(O[Si](C)(C)C)C(C)=O. The van der Waals surface area contributed by atoms with Crippen molar-refractivity contribution in [2.45, 2.75) is 40.0 Å². The number of carbonyl (C=O) groups excluding carboxylic acids is 2. The third-order valence-electron chi connectivity index (χ3n) is 1.85. The molecule has 0 bridgehead atoms. The van der Waals surface area contributed by atoms with Crippen LogP contribution in [0.3, 0.4) is 0 Å². The van der Waals surface area contributed by atoms with Gasteiger partial charge in [-0.3, -0.25) is 0 Å². The van der Waals surface area contributed by atoms with E-state index in [1.165, 1.54) is 13.8 Å². The second kappa shape index (κ2) is 3.85. The summed E-state index contributed by atoms with van der Waals surface area (Å²) in [6.07, 6.45) is 0. The maximum Gasteiger partial charge on any atom is 0.321 e. The summed E-state index contributed by atoms with van der Waals surface area (Å²) in [5, 5.41) is -0.162. The zero-order chi connectivity index (χ0) is 10.9. The average molecular weight is 218 g/mol. The second-order valence-electron chi connectivity index (χ2n) is 4.36. The predicted molar refractivity (Wildman–Crippen MR) is 57.4 cm³/mol. The van der Waals surface area contributed by atoms with Gasteiger partial charge in [0, 0.05) is 0 Å². The molecule has 0 saturated carbocycles. The lowest BCUT2D eigenvalue weighted by Gasteiger charge is -2.29. The van der Waals surface area contributed by atoms with E-state index in [0.717, 1.165) is 0 Å². The quantitative estimate of drug-likeness (QED) is 0.674. The Morgan fingerprint density at radius 3 is 1.31 bits per heavy atom. The summed E-state index contributed by atoms with van der Waals surface area (Å²) in [5.74, 6) is 0. The molecule has 0 aliphatic carbocycles. The highest BCUT2D eigenvalue weighted by Crippen LogP contribution is 2.15. The Labute approximate surface area is 81.7 Å². The molecular formula is C8H18O3Si2. The lowest BCUT2D eigenvalue weighted by molar-refractivity contribution is -0.115. The van der Waals surface area contributed by atoms with Crippen LogP contribution in [0.25, 0.3) is 0 Å². The lowest BCUT2D eigenvalue weighted by atomic mass is 10.9. The molecule has 0 rings (SSSR count). The van der Waals surface area contributed by atoms with Crippen LogP contribution < -0.4 is 0 Å². The van der Waals surface area contributed by atoms with E-state index < -0.39 is 16.6 Å². The third-order valence-corrected chi connectivity index (χ3v) is 8.62. The number of hydrogen-bond acceptors (Lipinski definition) is 3. The van der Waals surface area contributed by atoms with Gasteiger partial charge in [0.05, 0.1) is 0 Å². The fourth-order valence-corrected chi connectivity index (χ4v) is 7.55. The van der Waals surface area contributed by atoms with Crippen molar-refractivity contribution in [3.8, 4) is 0 Å². The van der Waals surface area contributed by atoms with Crippen LogP contribution in [0.2, 0.25) is 26.2 Å². The van der Waals surface area contributed by atoms with Crippen LogP contribution in [0.15, 0.2) is 0 Å². The summed E-state index contributed by atoms with van der Waals surface area (Å²) >= 11 is 0. The Hall–Kier alpha value is -0.266. The van der Waals surface area contributed by atoms with Crippen LogP contribution in [-0.4, -0.2) is 27.4 Å². The molecule has 0 saturated heterocycles. The summed E-state index contributed by atoms with van der Waals surface area (Å²) in [5.41, 5.74) is 0. The minimum Gasteiger partial charge on any atom is -0.446 e. The molecule has 3 nitrogen and oxygen atoms in total. The molecule has 0 spiro atoms. The standard InChI is InChI=1S/C8H18O3Si2/c1-7(9)13(6,8(2)10)11-12(3,4)5/h1-6H3. The fourth-order valence-electron chi connectivity index (χ4n) is 1.00. The van der Waals surface area contributed by atoms with E-state index in [1.807, 2.05) is 19.6 Å². The van der Waals surface area contributed by atoms with Crippen LogP contribution in [0.5, 0.6) is 0 Å². The van der Waals surface area contributed by atoms with E-state index in [1.54, 1.807) is 6.55 Å². The summed E-state index contributed by atoms with van der Waals surface area (Å²) < 4.78 is 5.73. The topological polar surface area (TPSA) is 43.4 Å². The van der Waals surface area contributed by atoms with Gasteiger partial charge in [-0.25, -0.2) is 0 Å². The van der Waals surface area contributed by atoms with E-state index in [4.69, 9.17) is 4.12 Å². The van der Waals surface area contributed by atoms with E-state index in [0.29, 0.717) is 0 Å². The molecule has 13 heavy (non-hydrogen) atoms. The molecule has 0 unspecified atom stereocenters. The first kappa shape index (κ1) is 12.7. The Kier molecular flexibility index (Phi) is 3.77. The highest BCUT2D eigenvalue weighted by atomic mass is 28.4. The molecule has 5 heteroatoms. The highest BCUT2D eigenvalue weighted by molar-refractivity contribution is 7.22. The van der Waals surface area contributed by atoms with Gasteiger partial charge in [0.2, 0.25) is 0 Å². The molecule has 0 radical (unpaired) electrons. The van der Waals surface area contributed by atoms with Gasteiger partial charge in [0.25, 0.3) is 0 Å². The van der Waals surface area contributed by atoms with Gasteiger partial charge in [-0.1, -0.05) is 0 Å². The average Bonchev–Trinajstić information content (AvgIpc) is 1.82. The van der Waals surface area contributed by atoms with Crippen molar-refractivity contribution in [1.82, 2.24) is 0 Å². The van der Waals surface area contributed by atoms with Crippen LogP contribution in [0.4, 0.5) is 0 Å². The van der Waals surface area contributed by atoms with E-state index >= 15 is 0 Å². The first-order valence-electron chi connectivity index (χ1n) is 4.32. The van der Waals surface area contributed by atoms with Crippen molar-refractivity contribution in [3.63, 3.8) is 0 Å². The Morgan fingerprint density at radius 1 is 0.923 bits per heavy atom. The molecule has 0 aromatic heterocycles. The van der Waals surface area contributed by atoms with Crippen molar-refractivity contribution < 1.29 is 13.7 Å². The Bertz CT molecular complexity index is 216. The van der Waals surface area contributed by atoms with Gasteiger partial charge in [0.1, 0.15) is 10.8 Å². The number of hydrogen-bond donors (Lipinski definition) is 0. The molecular weight excluding hydrogens is 200 g/mol. The molecule has 0 aliphatic heterocycles.